The molecule has 0 saturated carbocycles. The van der Waals surface area contributed by atoms with Gasteiger partial charge in [-0.1, -0.05) is 22.0 Å². The van der Waals surface area contributed by atoms with E-state index >= 15 is 0 Å². The lowest BCUT2D eigenvalue weighted by Gasteiger charge is -1.99. The number of benzene rings is 1. The Bertz CT molecular complexity index is 237. The van der Waals surface area contributed by atoms with Gasteiger partial charge in [-0.05, 0) is 17.7 Å². The molecule has 1 rings (SSSR count). The van der Waals surface area contributed by atoms with Gasteiger partial charge in [0.15, 0.2) is 0 Å². The lowest BCUT2D eigenvalue weighted by atomic mass is 10.2. The summed E-state index contributed by atoms with van der Waals surface area (Å²) in [6.07, 6.45) is 0. The SMILES string of the molecule is Nc1cc(F)ccc1CBr. The molecule has 0 fully saturated rings. The third-order valence-corrected chi connectivity index (χ3v) is 1.86. The number of hydrogen-bond donors (Lipinski definition) is 1. The summed E-state index contributed by atoms with van der Waals surface area (Å²) in [6, 6.07) is 4.38. The number of nitrogen functional groups attached to an aromatic ring is 1. The van der Waals surface area contributed by atoms with Gasteiger partial charge in [0.1, 0.15) is 5.82 Å². The van der Waals surface area contributed by atoms with Crippen LogP contribution in [0.25, 0.3) is 0 Å². The van der Waals surface area contributed by atoms with Crippen molar-refractivity contribution >= 4 is 21.6 Å². The van der Waals surface area contributed by atoms with E-state index in [1.165, 1.54) is 12.1 Å². The first-order chi connectivity index (χ1) is 4.74. The molecule has 3 heteroatoms. The highest BCUT2D eigenvalue weighted by molar-refractivity contribution is 9.08. The van der Waals surface area contributed by atoms with Crippen molar-refractivity contribution < 1.29 is 4.39 Å². The van der Waals surface area contributed by atoms with E-state index in [0.717, 1.165) is 5.56 Å². The molecular weight excluding hydrogens is 197 g/mol. The largest absolute Gasteiger partial charge is 0.398 e. The van der Waals surface area contributed by atoms with Crippen LogP contribution in [0.2, 0.25) is 0 Å². The summed E-state index contributed by atoms with van der Waals surface area (Å²) in [7, 11) is 0. The Kier molecular flexibility index (Phi) is 2.27. The molecule has 0 bridgehead atoms. The molecule has 0 unspecified atom stereocenters. The van der Waals surface area contributed by atoms with E-state index in [1.54, 1.807) is 6.07 Å². The highest BCUT2D eigenvalue weighted by Crippen LogP contribution is 2.15. The highest BCUT2D eigenvalue weighted by atomic mass is 79.9. The number of anilines is 1. The van der Waals surface area contributed by atoms with E-state index in [9.17, 15) is 4.39 Å². The Morgan fingerprint density at radius 1 is 1.50 bits per heavy atom. The van der Waals surface area contributed by atoms with Crippen LogP contribution in [0, 0.1) is 5.82 Å². The summed E-state index contributed by atoms with van der Waals surface area (Å²) >= 11 is 3.23. The van der Waals surface area contributed by atoms with Crippen LogP contribution in [0.4, 0.5) is 10.1 Å². The van der Waals surface area contributed by atoms with Crippen LogP contribution in [0.3, 0.4) is 0 Å². The van der Waals surface area contributed by atoms with Crippen molar-refractivity contribution in [3.63, 3.8) is 0 Å². The van der Waals surface area contributed by atoms with Gasteiger partial charge < -0.3 is 5.73 Å². The summed E-state index contributed by atoms with van der Waals surface area (Å²) in [5.41, 5.74) is 6.88. The maximum absolute atomic E-state index is 12.4. The van der Waals surface area contributed by atoms with Gasteiger partial charge >= 0.3 is 0 Å². The molecule has 0 aliphatic carbocycles. The molecule has 0 saturated heterocycles. The summed E-state index contributed by atoms with van der Waals surface area (Å²) in [4.78, 5) is 0. The van der Waals surface area contributed by atoms with Gasteiger partial charge in [0.05, 0.1) is 0 Å². The Morgan fingerprint density at radius 2 is 2.20 bits per heavy atom. The topological polar surface area (TPSA) is 26.0 Å². The smallest absolute Gasteiger partial charge is 0.125 e. The Morgan fingerprint density at radius 3 is 2.70 bits per heavy atom. The molecule has 0 spiro atoms. The predicted molar refractivity (Wildman–Crippen MR) is 43.4 cm³/mol. The molecule has 1 aromatic rings. The van der Waals surface area contributed by atoms with E-state index in [-0.39, 0.29) is 5.82 Å². The monoisotopic (exact) mass is 203 g/mol. The van der Waals surface area contributed by atoms with Gasteiger partial charge in [0, 0.05) is 11.0 Å². The maximum atomic E-state index is 12.4. The van der Waals surface area contributed by atoms with Crippen molar-refractivity contribution in [1.29, 1.82) is 0 Å². The Labute approximate surface area is 67.2 Å². The van der Waals surface area contributed by atoms with Gasteiger partial charge in [-0.3, -0.25) is 0 Å². The normalized spacial score (nSPS) is 9.80. The summed E-state index contributed by atoms with van der Waals surface area (Å²) < 4.78 is 12.4. The highest BCUT2D eigenvalue weighted by Gasteiger charge is 1.97. The van der Waals surface area contributed by atoms with Crippen LogP contribution in [-0.4, -0.2) is 0 Å². The molecule has 1 aromatic carbocycles. The second-order valence-electron chi connectivity index (χ2n) is 1.98. The van der Waals surface area contributed by atoms with E-state index in [0.29, 0.717) is 11.0 Å². The van der Waals surface area contributed by atoms with Gasteiger partial charge in [-0.25, -0.2) is 4.39 Å². The second kappa shape index (κ2) is 3.01. The van der Waals surface area contributed by atoms with Gasteiger partial charge in [-0.15, -0.1) is 0 Å². The summed E-state index contributed by atoms with van der Waals surface area (Å²) in [5.74, 6) is -0.290. The minimum Gasteiger partial charge on any atom is -0.398 e. The molecule has 0 radical (unpaired) electrons. The maximum Gasteiger partial charge on any atom is 0.125 e. The zero-order chi connectivity index (χ0) is 7.56. The standard InChI is InChI=1S/C7H7BrFN/c8-4-5-1-2-6(9)3-7(5)10/h1-3H,4,10H2. The van der Waals surface area contributed by atoms with E-state index < -0.39 is 0 Å². The first-order valence-corrected chi connectivity index (χ1v) is 3.96. The molecule has 0 aromatic heterocycles. The lowest BCUT2D eigenvalue weighted by molar-refractivity contribution is 0.628. The predicted octanol–water partition coefficient (Wildman–Crippen LogP) is 2.30. The second-order valence-corrected chi connectivity index (χ2v) is 2.54. The van der Waals surface area contributed by atoms with Crippen molar-refractivity contribution in [2.24, 2.45) is 0 Å². The number of hydrogen-bond acceptors (Lipinski definition) is 1. The zero-order valence-corrected chi connectivity index (χ0v) is 6.86. The minimum absolute atomic E-state index is 0.290. The molecule has 10 heavy (non-hydrogen) atoms. The zero-order valence-electron chi connectivity index (χ0n) is 5.27. The van der Waals surface area contributed by atoms with Crippen molar-refractivity contribution in [3.8, 4) is 0 Å². The number of alkyl halides is 1. The molecule has 2 N–H and O–H groups in total. The van der Waals surface area contributed by atoms with E-state index in [1.807, 2.05) is 0 Å². The summed E-state index contributed by atoms with van der Waals surface area (Å²) in [6.45, 7) is 0. The van der Waals surface area contributed by atoms with Crippen LogP contribution >= 0.6 is 15.9 Å². The van der Waals surface area contributed by atoms with Crippen LogP contribution in [-0.2, 0) is 5.33 Å². The van der Waals surface area contributed by atoms with Gasteiger partial charge in [-0.2, -0.15) is 0 Å². The minimum atomic E-state index is -0.290. The Balaban J connectivity index is 3.07. The molecule has 0 atom stereocenters. The molecule has 0 amide bonds. The third kappa shape index (κ3) is 1.48. The van der Waals surface area contributed by atoms with E-state index in [4.69, 9.17) is 5.73 Å². The van der Waals surface area contributed by atoms with E-state index in [2.05, 4.69) is 15.9 Å². The number of nitrogens with two attached hydrogens (primary N) is 1. The Hall–Kier alpha value is -0.570. The fraction of sp³-hybridized carbons (Fsp3) is 0.143. The van der Waals surface area contributed by atoms with Crippen molar-refractivity contribution in [2.75, 3.05) is 5.73 Å². The summed E-state index contributed by atoms with van der Waals surface area (Å²) in [5, 5.41) is 0.666. The quantitative estimate of drug-likeness (QED) is 0.551. The van der Waals surface area contributed by atoms with Crippen LogP contribution in [0.15, 0.2) is 18.2 Å². The van der Waals surface area contributed by atoms with Crippen molar-refractivity contribution in [2.45, 2.75) is 5.33 Å². The van der Waals surface area contributed by atoms with Crippen molar-refractivity contribution in [3.05, 3.63) is 29.6 Å². The molecular formula is C7H7BrFN. The van der Waals surface area contributed by atoms with Gasteiger partial charge in [0.2, 0.25) is 0 Å². The average molecular weight is 204 g/mol. The first kappa shape index (κ1) is 7.54. The van der Waals surface area contributed by atoms with Crippen LogP contribution < -0.4 is 5.73 Å². The fourth-order valence-corrected chi connectivity index (χ4v) is 1.20. The number of halogens is 2. The van der Waals surface area contributed by atoms with Gasteiger partial charge in [0.25, 0.3) is 0 Å². The van der Waals surface area contributed by atoms with Crippen LogP contribution in [0.1, 0.15) is 5.56 Å². The van der Waals surface area contributed by atoms with Crippen molar-refractivity contribution in [1.82, 2.24) is 0 Å². The average Bonchev–Trinajstić information content (AvgIpc) is 1.88. The molecule has 0 aliphatic rings. The lowest BCUT2D eigenvalue weighted by Crippen LogP contribution is -1.91. The molecule has 0 heterocycles. The molecule has 0 aliphatic heterocycles. The number of rotatable bonds is 1. The molecule has 54 valence electrons. The van der Waals surface area contributed by atoms with Crippen LogP contribution in [0.5, 0.6) is 0 Å². The fourth-order valence-electron chi connectivity index (χ4n) is 0.687. The first-order valence-electron chi connectivity index (χ1n) is 2.84. The third-order valence-electron chi connectivity index (χ3n) is 1.25. The molecule has 1 nitrogen and oxygen atoms in total.